The zero-order valence-corrected chi connectivity index (χ0v) is 19.4. The lowest BCUT2D eigenvalue weighted by Gasteiger charge is -2.25. The van der Waals surface area contributed by atoms with Crippen molar-refractivity contribution in [1.82, 2.24) is 24.5 Å². The number of para-hydroxylation sites is 1. The summed E-state index contributed by atoms with van der Waals surface area (Å²) in [5, 5.41) is 6.47. The number of carbonyl (C=O) groups excluding carboxylic acids is 1. The minimum Gasteiger partial charge on any atom is -0.303 e. The fourth-order valence-corrected chi connectivity index (χ4v) is 4.89. The van der Waals surface area contributed by atoms with Gasteiger partial charge in [-0.3, -0.25) is 4.79 Å². The molecule has 5 rings (SSSR count). The van der Waals surface area contributed by atoms with E-state index in [0.29, 0.717) is 16.5 Å². The lowest BCUT2D eigenvalue weighted by atomic mass is 10.1. The molecule has 32 heavy (non-hydrogen) atoms. The predicted molar refractivity (Wildman–Crippen MR) is 131 cm³/mol. The fourth-order valence-electron chi connectivity index (χ4n) is 4.05. The smallest absolute Gasteiger partial charge is 0.192 e. The van der Waals surface area contributed by atoms with Crippen LogP contribution in [0.25, 0.3) is 16.6 Å². The minimum atomic E-state index is 0. The van der Waals surface area contributed by atoms with Gasteiger partial charge >= 0.3 is 0 Å². The molecular formula is C24H26ClN5OS. The first-order valence-electron chi connectivity index (χ1n) is 10.9. The molecule has 1 aliphatic rings. The second-order valence-electron chi connectivity index (χ2n) is 7.91. The summed E-state index contributed by atoms with van der Waals surface area (Å²) < 4.78 is 1.82. The van der Waals surface area contributed by atoms with Crippen molar-refractivity contribution in [3.05, 3.63) is 66.0 Å². The Morgan fingerprint density at radius 3 is 2.50 bits per heavy atom. The molecule has 0 saturated carbocycles. The molecule has 2 aromatic heterocycles. The Labute approximate surface area is 197 Å². The lowest BCUT2D eigenvalue weighted by molar-refractivity contribution is 0.102. The summed E-state index contributed by atoms with van der Waals surface area (Å²) in [6, 6.07) is 17.4. The molecule has 4 aromatic rings. The van der Waals surface area contributed by atoms with E-state index in [1.165, 1.54) is 44.1 Å². The number of benzene rings is 2. The first-order valence-corrected chi connectivity index (χ1v) is 11.8. The summed E-state index contributed by atoms with van der Waals surface area (Å²) in [6.07, 6.45) is 4.72. The molecule has 0 atom stereocenters. The predicted octanol–water partition coefficient (Wildman–Crippen LogP) is 4.70. The minimum absolute atomic E-state index is 0. The fraction of sp³-hybridized carbons (Fsp3) is 0.333. The van der Waals surface area contributed by atoms with E-state index >= 15 is 0 Å². The van der Waals surface area contributed by atoms with E-state index in [1.54, 1.807) is 0 Å². The molecule has 0 amide bonds. The molecule has 0 aliphatic carbocycles. The van der Waals surface area contributed by atoms with Gasteiger partial charge in [0.15, 0.2) is 22.4 Å². The summed E-state index contributed by atoms with van der Waals surface area (Å²) in [6.45, 7) is 3.32. The molecule has 6 nitrogen and oxygen atoms in total. The second-order valence-corrected chi connectivity index (χ2v) is 8.85. The van der Waals surface area contributed by atoms with E-state index in [0.717, 1.165) is 35.3 Å². The zero-order chi connectivity index (χ0) is 21.0. The van der Waals surface area contributed by atoms with Crippen LogP contribution in [0.4, 0.5) is 0 Å². The number of carbonyl (C=O) groups is 1. The highest BCUT2D eigenvalue weighted by molar-refractivity contribution is 7.99. The molecule has 0 bridgehead atoms. The number of ketones is 1. The number of likely N-dealkylation sites (tertiary alicyclic amines) is 1. The van der Waals surface area contributed by atoms with Crippen molar-refractivity contribution in [3.63, 3.8) is 0 Å². The zero-order valence-electron chi connectivity index (χ0n) is 17.8. The van der Waals surface area contributed by atoms with Crippen LogP contribution in [0.3, 0.4) is 0 Å². The van der Waals surface area contributed by atoms with Crippen LogP contribution in [0.1, 0.15) is 35.4 Å². The molecule has 3 heterocycles. The van der Waals surface area contributed by atoms with Crippen molar-refractivity contribution in [2.75, 3.05) is 25.4 Å². The van der Waals surface area contributed by atoms with Gasteiger partial charge in [0.25, 0.3) is 0 Å². The summed E-state index contributed by atoms with van der Waals surface area (Å²) in [5.41, 5.74) is 2.40. The van der Waals surface area contributed by atoms with Crippen molar-refractivity contribution in [3.8, 4) is 0 Å². The van der Waals surface area contributed by atoms with Crippen molar-refractivity contribution in [2.24, 2.45) is 0 Å². The monoisotopic (exact) mass is 467 g/mol. The summed E-state index contributed by atoms with van der Waals surface area (Å²) in [4.78, 5) is 24.8. The third-order valence-electron chi connectivity index (χ3n) is 5.72. The molecule has 0 radical (unpaired) electrons. The van der Waals surface area contributed by atoms with Gasteiger partial charge in [-0.05, 0) is 38.1 Å². The van der Waals surface area contributed by atoms with E-state index in [9.17, 15) is 4.79 Å². The molecule has 2 aromatic carbocycles. The van der Waals surface area contributed by atoms with Crippen molar-refractivity contribution in [1.29, 1.82) is 0 Å². The Morgan fingerprint density at radius 2 is 1.69 bits per heavy atom. The van der Waals surface area contributed by atoms with Crippen LogP contribution in [-0.4, -0.2) is 55.7 Å². The molecule has 0 N–H and O–H groups in total. The highest BCUT2D eigenvalue weighted by Crippen LogP contribution is 2.24. The maximum Gasteiger partial charge on any atom is 0.192 e. The van der Waals surface area contributed by atoms with Gasteiger partial charge in [0.05, 0.1) is 11.3 Å². The highest BCUT2D eigenvalue weighted by atomic mass is 35.5. The number of Topliss-reactive ketones (excluding diaryl/α,β-unsaturated/α-hetero) is 1. The highest BCUT2D eigenvalue weighted by Gasteiger charge is 2.17. The number of hydrogen-bond acceptors (Lipinski definition) is 6. The molecule has 1 aliphatic heterocycles. The quantitative estimate of drug-likeness (QED) is 0.223. The van der Waals surface area contributed by atoms with Gasteiger partial charge in [-0.15, -0.1) is 17.5 Å². The largest absolute Gasteiger partial charge is 0.303 e. The van der Waals surface area contributed by atoms with Gasteiger partial charge in [-0.1, -0.05) is 60.6 Å². The molecule has 1 fully saturated rings. The SMILES string of the molecule is Cl.O=C(CSc1nc2ccccc2c2nc(CCN3CCCCC3)nn12)c1ccccc1. The lowest BCUT2D eigenvalue weighted by Crippen LogP contribution is -2.31. The van der Waals surface area contributed by atoms with Crippen LogP contribution in [0.2, 0.25) is 0 Å². The molecule has 0 unspecified atom stereocenters. The number of halogens is 1. The van der Waals surface area contributed by atoms with Gasteiger partial charge in [-0.2, -0.15) is 4.52 Å². The number of hydrogen-bond donors (Lipinski definition) is 0. The number of nitrogens with zero attached hydrogens (tertiary/aromatic N) is 5. The third kappa shape index (κ3) is 4.95. The topological polar surface area (TPSA) is 63.4 Å². The number of fused-ring (bicyclic) bond motifs is 3. The first-order chi connectivity index (χ1) is 15.3. The van der Waals surface area contributed by atoms with Gasteiger partial charge in [0.2, 0.25) is 0 Å². The van der Waals surface area contributed by atoms with E-state index < -0.39 is 0 Å². The average Bonchev–Trinajstić information content (AvgIpc) is 3.27. The van der Waals surface area contributed by atoms with Gasteiger partial charge in [0.1, 0.15) is 0 Å². The normalized spacial score (nSPS) is 14.5. The number of piperidine rings is 1. The Kier molecular flexibility index (Phi) is 7.40. The first kappa shape index (κ1) is 22.7. The summed E-state index contributed by atoms with van der Waals surface area (Å²) in [5.74, 6) is 1.23. The number of rotatable bonds is 7. The van der Waals surface area contributed by atoms with Crippen LogP contribution < -0.4 is 0 Å². The maximum atomic E-state index is 12.6. The molecule has 8 heteroatoms. The van der Waals surface area contributed by atoms with E-state index in [4.69, 9.17) is 15.1 Å². The molecule has 0 spiro atoms. The maximum absolute atomic E-state index is 12.6. The third-order valence-corrected chi connectivity index (χ3v) is 6.65. The van der Waals surface area contributed by atoms with Gasteiger partial charge < -0.3 is 4.90 Å². The van der Waals surface area contributed by atoms with Crippen molar-refractivity contribution < 1.29 is 4.79 Å². The van der Waals surface area contributed by atoms with Gasteiger partial charge in [0, 0.05) is 23.9 Å². The summed E-state index contributed by atoms with van der Waals surface area (Å²) >= 11 is 1.42. The van der Waals surface area contributed by atoms with Crippen LogP contribution in [0.5, 0.6) is 0 Å². The number of thioether (sulfide) groups is 1. The van der Waals surface area contributed by atoms with E-state index in [1.807, 2.05) is 59.1 Å². The van der Waals surface area contributed by atoms with E-state index in [-0.39, 0.29) is 18.2 Å². The van der Waals surface area contributed by atoms with Gasteiger partial charge in [-0.25, -0.2) is 9.97 Å². The molecular weight excluding hydrogens is 442 g/mol. The Bertz CT molecular complexity index is 1210. The van der Waals surface area contributed by atoms with Crippen LogP contribution in [-0.2, 0) is 6.42 Å². The van der Waals surface area contributed by atoms with Crippen LogP contribution in [0.15, 0.2) is 59.8 Å². The Hall–Kier alpha value is -2.48. The number of aromatic nitrogens is 4. The van der Waals surface area contributed by atoms with Crippen LogP contribution >= 0.6 is 24.2 Å². The summed E-state index contributed by atoms with van der Waals surface area (Å²) in [7, 11) is 0. The van der Waals surface area contributed by atoms with Crippen LogP contribution in [0, 0.1) is 0 Å². The molecule has 166 valence electrons. The average molecular weight is 468 g/mol. The Balaban J connectivity index is 0.00000245. The standard InChI is InChI=1S/C24H25N5OS.ClH/c30-21(18-9-3-1-4-10-18)17-31-24-25-20-12-6-5-11-19(20)23-26-22(27-29(23)24)13-16-28-14-7-2-8-15-28;/h1,3-6,9-12H,2,7-8,13-17H2;1H. The molecule has 1 saturated heterocycles. The van der Waals surface area contributed by atoms with E-state index in [2.05, 4.69) is 4.90 Å². The van der Waals surface area contributed by atoms with Crippen molar-refractivity contribution >= 4 is 46.5 Å². The van der Waals surface area contributed by atoms with Crippen molar-refractivity contribution in [2.45, 2.75) is 30.8 Å². The Morgan fingerprint density at radius 1 is 0.938 bits per heavy atom. The second kappa shape index (κ2) is 10.4.